The highest BCUT2D eigenvalue weighted by Crippen LogP contribution is 2.25. The van der Waals surface area contributed by atoms with Gasteiger partial charge in [-0.1, -0.05) is 29.5 Å². The predicted molar refractivity (Wildman–Crippen MR) is 69.4 cm³/mol. The maximum Gasteiger partial charge on any atom is 0.358 e. The van der Waals surface area contributed by atoms with Gasteiger partial charge in [-0.15, -0.1) is 5.10 Å². The molecule has 0 aliphatic rings. The number of aromatic carboxylic acids is 1. The van der Waals surface area contributed by atoms with Gasteiger partial charge in [-0.3, -0.25) is 4.79 Å². The molecular formula is C13H13N3O4. The number of nitrogens with zero attached hydrogens (tertiary/aromatic N) is 3. The zero-order valence-corrected chi connectivity index (χ0v) is 10.8. The molecule has 2 N–H and O–H groups in total. The summed E-state index contributed by atoms with van der Waals surface area (Å²) in [5, 5.41) is 25.3. The minimum Gasteiger partial charge on any atom is -0.481 e. The van der Waals surface area contributed by atoms with E-state index in [4.69, 9.17) is 5.11 Å². The third-order valence-electron chi connectivity index (χ3n) is 2.88. The van der Waals surface area contributed by atoms with Crippen molar-refractivity contribution >= 4 is 11.9 Å². The second-order valence-corrected chi connectivity index (χ2v) is 4.27. The predicted octanol–water partition coefficient (Wildman–Crippen LogP) is 1.43. The van der Waals surface area contributed by atoms with Crippen molar-refractivity contribution in [1.82, 2.24) is 15.0 Å². The minimum atomic E-state index is -1.19. The van der Waals surface area contributed by atoms with Gasteiger partial charge in [0.2, 0.25) is 0 Å². The standard InChI is InChI=1S/C13H13N3O4/c1-8-4-2-3-5-9(8)12-11(13(19)20)14-15-16(12)7-6-10(17)18/h2-5H,6-7H2,1H3,(H,17,18)(H,19,20). The van der Waals surface area contributed by atoms with Crippen molar-refractivity contribution in [3.05, 3.63) is 35.5 Å². The van der Waals surface area contributed by atoms with E-state index in [-0.39, 0.29) is 18.7 Å². The number of aliphatic carboxylic acids is 1. The molecule has 1 aromatic heterocycles. The fraction of sp³-hybridized carbons (Fsp3) is 0.231. The van der Waals surface area contributed by atoms with Crippen LogP contribution in [0.3, 0.4) is 0 Å². The van der Waals surface area contributed by atoms with Crippen LogP contribution in [-0.4, -0.2) is 37.1 Å². The largest absolute Gasteiger partial charge is 0.481 e. The molecule has 0 amide bonds. The summed E-state index contributed by atoms with van der Waals surface area (Å²) in [4.78, 5) is 21.9. The van der Waals surface area contributed by atoms with E-state index in [1.807, 2.05) is 19.1 Å². The maximum atomic E-state index is 11.2. The number of carboxylic acid groups (broad SMARTS) is 2. The summed E-state index contributed by atoms with van der Waals surface area (Å²) in [5.74, 6) is -2.17. The summed E-state index contributed by atoms with van der Waals surface area (Å²) in [6.45, 7) is 1.91. The van der Waals surface area contributed by atoms with Crippen molar-refractivity contribution < 1.29 is 19.8 Å². The fourth-order valence-corrected chi connectivity index (χ4v) is 1.92. The number of carboxylic acids is 2. The number of rotatable bonds is 5. The van der Waals surface area contributed by atoms with E-state index in [1.54, 1.807) is 12.1 Å². The molecule has 1 aromatic carbocycles. The number of hydrogen-bond donors (Lipinski definition) is 2. The van der Waals surface area contributed by atoms with Crippen molar-refractivity contribution in [2.24, 2.45) is 0 Å². The first-order valence-electron chi connectivity index (χ1n) is 5.95. The normalized spacial score (nSPS) is 10.4. The first-order chi connectivity index (χ1) is 9.50. The van der Waals surface area contributed by atoms with Gasteiger partial charge in [0.15, 0.2) is 5.69 Å². The average molecular weight is 275 g/mol. The number of hydrogen-bond acceptors (Lipinski definition) is 4. The van der Waals surface area contributed by atoms with Crippen molar-refractivity contribution in [1.29, 1.82) is 0 Å². The summed E-state index contributed by atoms with van der Waals surface area (Å²) in [6, 6.07) is 7.22. The van der Waals surface area contributed by atoms with Gasteiger partial charge in [-0.25, -0.2) is 9.48 Å². The van der Waals surface area contributed by atoms with Crippen molar-refractivity contribution in [3.8, 4) is 11.3 Å². The highest BCUT2D eigenvalue weighted by molar-refractivity contribution is 5.93. The third kappa shape index (κ3) is 2.66. The van der Waals surface area contributed by atoms with Gasteiger partial charge in [-0.05, 0) is 12.5 Å². The topological polar surface area (TPSA) is 105 Å². The van der Waals surface area contributed by atoms with Crippen LogP contribution in [0, 0.1) is 6.92 Å². The molecule has 2 aromatic rings. The number of aryl methyl sites for hydroxylation is 2. The van der Waals surface area contributed by atoms with E-state index in [0.717, 1.165) is 5.56 Å². The van der Waals surface area contributed by atoms with Gasteiger partial charge in [0, 0.05) is 5.56 Å². The number of aromatic nitrogens is 3. The van der Waals surface area contributed by atoms with E-state index in [0.29, 0.717) is 11.3 Å². The molecule has 0 saturated carbocycles. The molecule has 104 valence electrons. The fourth-order valence-electron chi connectivity index (χ4n) is 1.92. The Morgan fingerprint density at radius 3 is 2.55 bits per heavy atom. The third-order valence-corrected chi connectivity index (χ3v) is 2.88. The average Bonchev–Trinajstić information content (AvgIpc) is 2.80. The molecule has 20 heavy (non-hydrogen) atoms. The first kappa shape index (κ1) is 13.7. The van der Waals surface area contributed by atoms with Gasteiger partial charge in [0.05, 0.1) is 13.0 Å². The summed E-state index contributed by atoms with van der Waals surface area (Å²) < 4.78 is 1.32. The first-order valence-corrected chi connectivity index (χ1v) is 5.95. The Kier molecular flexibility index (Phi) is 3.79. The molecule has 0 unspecified atom stereocenters. The van der Waals surface area contributed by atoms with Crippen LogP contribution in [0.1, 0.15) is 22.5 Å². The van der Waals surface area contributed by atoms with E-state index >= 15 is 0 Å². The molecule has 7 heteroatoms. The maximum absolute atomic E-state index is 11.2. The lowest BCUT2D eigenvalue weighted by atomic mass is 10.0. The van der Waals surface area contributed by atoms with Gasteiger partial charge in [0.25, 0.3) is 0 Å². The van der Waals surface area contributed by atoms with Crippen LogP contribution in [0.2, 0.25) is 0 Å². The van der Waals surface area contributed by atoms with Crippen LogP contribution in [0.5, 0.6) is 0 Å². The van der Waals surface area contributed by atoms with Crippen LogP contribution in [0.25, 0.3) is 11.3 Å². The van der Waals surface area contributed by atoms with Crippen molar-refractivity contribution in [2.75, 3.05) is 0 Å². The SMILES string of the molecule is Cc1ccccc1-c1c(C(=O)O)nnn1CCC(=O)O. The summed E-state index contributed by atoms with van der Waals surface area (Å²) in [7, 11) is 0. The van der Waals surface area contributed by atoms with E-state index in [1.165, 1.54) is 4.68 Å². The molecule has 2 rings (SSSR count). The second kappa shape index (κ2) is 5.52. The number of benzene rings is 1. The Bertz CT molecular complexity index is 663. The summed E-state index contributed by atoms with van der Waals surface area (Å²) in [5.41, 5.74) is 1.70. The Morgan fingerprint density at radius 1 is 1.25 bits per heavy atom. The van der Waals surface area contributed by atoms with E-state index in [2.05, 4.69) is 10.3 Å². The van der Waals surface area contributed by atoms with Crippen LogP contribution < -0.4 is 0 Å². The zero-order chi connectivity index (χ0) is 14.7. The zero-order valence-electron chi connectivity index (χ0n) is 10.8. The van der Waals surface area contributed by atoms with Crippen molar-refractivity contribution in [3.63, 3.8) is 0 Å². The number of carbonyl (C=O) groups is 2. The molecule has 0 aliphatic heterocycles. The van der Waals surface area contributed by atoms with E-state index < -0.39 is 11.9 Å². The van der Waals surface area contributed by atoms with Gasteiger partial charge in [0.1, 0.15) is 5.69 Å². The molecule has 0 radical (unpaired) electrons. The van der Waals surface area contributed by atoms with Crippen LogP contribution in [0.15, 0.2) is 24.3 Å². The van der Waals surface area contributed by atoms with Gasteiger partial charge >= 0.3 is 11.9 Å². The minimum absolute atomic E-state index is 0.0687. The van der Waals surface area contributed by atoms with Crippen LogP contribution >= 0.6 is 0 Å². The lowest BCUT2D eigenvalue weighted by Gasteiger charge is -2.08. The molecule has 0 fully saturated rings. The van der Waals surface area contributed by atoms with Crippen molar-refractivity contribution in [2.45, 2.75) is 19.9 Å². The van der Waals surface area contributed by atoms with Gasteiger partial charge < -0.3 is 10.2 Å². The Labute approximate surface area is 114 Å². The molecule has 0 atom stereocenters. The lowest BCUT2D eigenvalue weighted by molar-refractivity contribution is -0.137. The molecule has 0 aliphatic carbocycles. The monoisotopic (exact) mass is 275 g/mol. The second-order valence-electron chi connectivity index (χ2n) is 4.27. The smallest absolute Gasteiger partial charge is 0.358 e. The van der Waals surface area contributed by atoms with Crippen LogP contribution in [-0.2, 0) is 11.3 Å². The highest BCUT2D eigenvalue weighted by atomic mass is 16.4. The Hall–Kier alpha value is -2.70. The molecule has 1 heterocycles. The van der Waals surface area contributed by atoms with Gasteiger partial charge in [-0.2, -0.15) is 0 Å². The molecule has 0 spiro atoms. The quantitative estimate of drug-likeness (QED) is 0.855. The summed E-state index contributed by atoms with van der Waals surface area (Å²) in [6.07, 6.45) is -0.151. The van der Waals surface area contributed by atoms with E-state index in [9.17, 15) is 14.7 Å². The Morgan fingerprint density at radius 2 is 1.95 bits per heavy atom. The molecule has 0 bridgehead atoms. The highest BCUT2D eigenvalue weighted by Gasteiger charge is 2.21. The molecule has 0 saturated heterocycles. The Balaban J connectivity index is 2.53. The molecular weight excluding hydrogens is 262 g/mol. The molecule has 7 nitrogen and oxygen atoms in total. The summed E-state index contributed by atoms with van der Waals surface area (Å²) >= 11 is 0. The lowest BCUT2D eigenvalue weighted by Crippen LogP contribution is -2.09. The van der Waals surface area contributed by atoms with Crippen LogP contribution in [0.4, 0.5) is 0 Å².